The zero-order valence-electron chi connectivity index (χ0n) is 18.3. The molecule has 2 saturated heterocycles. The molecule has 5 heteroatoms. The van der Waals surface area contributed by atoms with Gasteiger partial charge in [-0.05, 0) is 52.6 Å². The third-order valence-corrected chi connectivity index (χ3v) is 5.96. The molecule has 0 bridgehead atoms. The molecule has 0 aromatic rings. The molecular formula is C22H41N3O2. The van der Waals surface area contributed by atoms with Gasteiger partial charge in [0.15, 0.2) is 0 Å². The quantitative estimate of drug-likeness (QED) is 0.735. The fraction of sp³-hybridized carbons (Fsp3) is 0.909. The van der Waals surface area contributed by atoms with Gasteiger partial charge in [-0.2, -0.15) is 0 Å². The third kappa shape index (κ3) is 6.48. The van der Waals surface area contributed by atoms with E-state index in [4.69, 9.17) is 0 Å². The smallest absolute Gasteiger partial charge is 0.227 e. The van der Waals surface area contributed by atoms with Crippen LogP contribution in [0.2, 0.25) is 0 Å². The van der Waals surface area contributed by atoms with Gasteiger partial charge in [0.05, 0.1) is 5.92 Å². The molecule has 2 aliphatic rings. The summed E-state index contributed by atoms with van der Waals surface area (Å²) in [5.41, 5.74) is -0.380. The van der Waals surface area contributed by atoms with Crippen molar-refractivity contribution in [3.8, 4) is 0 Å². The highest BCUT2D eigenvalue weighted by atomic mass is 16.2. The van der Waals surface area contributed by atoms with Crippen molar-refractivity contribution in [3.63, 3.8) is 0 Å². The van der Waals surface area contributed by atoms with Gasteiger partial charge in [-0.25, -0.2) is 0 Å². The van der Waals surface area contributed by atoms with E-state index in [9.17, 15) is 9.59 Å². The summed E-state index contributed by atoms with van der Waals surface area (Å²) < 4.78 is 0. The highest BCUT2D eigenvalue weighted by Crippen LogP contribution is 2.25. The molecule has 1 unspecified atom stereocenters. The number of amides is 2. The van der Waals surface area contributed by atoms with Crippen molar-refractivity contribution in [2.45, 2.75) is 79.2 Å². The topological polar surface area (TPSA) is 43.9 Å². The molecule has 2 heterocycles. The summed E-state index contributed by atoms with van der Waals surface area (Å²) in [6.07, 6.45) is 7.06. The van der Waals surface area contributed by atoms with Crippen molar-refractivity contribution in [1.82, 2.24) is 14.7 Å². The lowest BCUT2D eigenvalue weighted by Crippen LogP contribution is -2.51. The predicted molar refractivity (Wildman–Crippen MR) is 111 cm³/mol. The summed E-state index contributed by atoms with van der Waals surface area (Å²) in [5, 5.41) is 0. The number of carbonyl (C=O) groups excluding carboxylic acids is 2. The number of carbonyl (C=O) groups is 2. The first-order valence-corrected chi connectivity index (χ1v) is 11.0. The molecule has 0 radical (unpaired) electrons. The fourth-order valence-corrected chi connectivity index (χ4v) is 4.30. The van der Waals surface area contributed by atoms with Gasteiger partial charge in [-0.3, -0.25) is 9.59 Å². The van der Waals surface area contributed by atoms with Crippen LogP contribution in [0, 0.1) is 11.3 Å². The van der Waals surface area contributed by atoms with Crippen LogP contribution >= 0.6 is 0 Å². The van der Waals surface area contributed by atoms with Crippen molar-refractivity contribution in [2.24, 2.45) is 11.3 Å². The maximum Gasteiger partial charge on any atom is 0.227 e. The number of nitrogens with zero attached hydrogens (tertiary/aromatic N) is 3. The molecule has 0 aromatic heterocycles. The monoisotopic (exact) mass is 379 g/mol. The average molecular weight is 380 g/mol. The first kappa shape index (κ1) is 22.2. The van der Waals surface area contributed by atoms with Crippen molar-refractivity contribution in [1.29, 1.82) is 0 Å². The summed E-state index contributed by atoms with van der Waals surface area (Å²) in [6.45, 7) is 15.6. The van der Waals surface area contributed by atoms with Gasteiger partial charge in [0.2, 0.25) is 11.8 Å². The number of likely N-dealkylation sites (tertiary alicyclic amines) is 2. The Hall–Kier alpha value is -1.10. The lowest BCUT2D eigenvalue weighted by Gasteiger charge is -2.39. The lowest BCUT2D eigenvalue weighted by molar-refractivity contribution is -0.146. The maximum atomic E-state index is 13.3. The van der Waals surface area contributed by atoms with E-state index in [1.807, 2.05) is 25.7 Å². The van der Waals surface area contributed by atoms with E-state index in [0.29, 0.717) is 6.54 Å². The lowest BCUT2D eigenvalue weighted by atomic mass is 9.90. The van der Waals surface area contributed by atoms with Crippen molar-refractivity contribution < 1.29 is 9.59 Å². The Balaban J connectivity index is 1.95. The highest BCUT2D eigenvalue weighted by Gasteiger charge is 2.35. The Morgan fingerprint density at radius 2 is 1.63 bits per heavy atom. The molecule has 2 amide bonds. The molecule has 27 heavy (non-hydrogen) atoms. The fourth-order valence-electron chi connectivity index (χ4n) is 4.30. The molecule has 156 valence electrons. The van der Waals surface area contributed by atoms with Crippen LogP contribution in [-0.4, -0.2) is 71.8 Å². The number of hydrogen-bond acceptors (Lipinski definition) is 3. The number of rotatable bonds is 5. The van der Waals surface area contributed by atoms with Gasteiger partial charge in [-0.15, -0.1) is 0 Å². The van der Waals surface area contributed by atoms with Crippen LogP contribution in [0.3, 0.4) is 0 Å². The van der Waals surface area contributed by atoms with Gasteiger partial charge >= 0.3 is 0 Å². The van der Waals surface area contributed by atoms with Crippen molar-refractivity contribution in [3.05, 3.63) is 0 Å². The molecule has 0 N–H and O–H groups in total. The first-order chi connectivity index (χ1) is 12.7. The zero-order chi connectivity index (χ0) is 20.0. The molecular weight excluding hydrogens is 338 g/mol. The predicted octanol–water partition coefficient (Wildman–Crippen LogP) is 3.38. The largest absolute Gasteiger partial charge is 0.341 e. The van der Waals surface area contributed by atoms with Gasteiger partial charge in [0, 0.05) is 37.6 Å². The summed E-state index contributed by atoms with van der Waals surface area (Å²) in [6, 6.07) is 0.207. The minimum atomic E-state index is -0.380. The number of hydrogen-bond donors (Lipinski definition) is 0. The molecule has 2 aliphatic heterocycles. The second-order valence-electron chi connectivity index (χ2n) is 9.72. The maximum absolute atomic E-state index is 13.3. The van der Waals surface area contributed by atoms with E-state index in [1.54, 1.807) is 0 Å². The van der Waals surface area contributed by atoms with Crippen LogP contribution in [0.4, 0.5) is 0 Å². The molecule has 0 spiro atoms. The molecule has 1 atom stereocenters. The summed E-state index contributed by atoms with van der Waals surface area (Å²) >= 11 is 0. The van der Waals surface area contributed by atoms with Gasteiger partial charge in [-0.1, -0.05) is 33.6 Å². The molecule has 5 nitrogen and oxygen atoms in total. The van der Waals surface area contributed by atoms with Crippen LogP contribution in [0.15, 0.2) is 0 Å². The molecule has 2 rings (SSSR count). The minimum absolute atomic E-state index is 0.0448. The molecule has 0 aliphatic carbocycles. The van der Waals surface area contributed by atoms with Crippen LogP contribution in [0.1, 0.15) is 73.1 Å². The van der Waals surface area contributed by atoms with Crippen LogP contribution in [0.5, 0.6) is 0 Å². The second kappa shape index (κ2) is 9.90. The van der Waals surface area contributed by atoms with Gasteiger partial charge < -0.3 is 14.7 Å². The Bertz CT molecular complexity index is 490. The Morgan fingerprint density at radius 3 is 2.19 bits per heavy atom. The Labute approximate surface area is 166 Å². The molecule has 0 saturated carbocycles. The van der Waals surface area contributed by atoms with Crippen molar-refractivity contribution in [2.75, 3.05) is 39.3 Å². The van der Waals surface area contributed by atoms with Crippen LogP contribution in [0.25, 0.3) is 0 Å². The summed E-state index contributed by atoms with van der Waals surface area (Å²) in [7, 11) is 0. The Kier molecular flexibility index (Phi) is 8.14. The van der Waals surface area contributed by atoms with Crippen molar-refractivity contribution >= 4 is 11.8 Å². The Morgan fingerprint density at radius 1 is 1.00 bits per heavy atom. The van der Waals surface area contributed by atoms with E-state index in [2.05, 4.69) is 23.6 Å². The van der Waals surface area contributed by atoms with E-state index >= 15 is 0 Å². The van der Waals surface area contributed by atoms with E-state index in [-0.39, 0.29) is 29.2 Å². The highest BCUT2D eigenvalue weighted by molar-refractivity contribution is 5.84. The third-order valence-electron chi connectivity index (χ3n) is 5.96. The average Bonchev–Trinajstić information content (AvgIpc) is 2.89. The number of piperidine rings is 1. The standard InChI is InChI=1S/C22H41N3O2/c1-18(2)25(16-15-23-12-8-6-7-9-13-23)20(26)19-11-10-14-24(17-19)21(27)22(3,4)5/h18-19H,6-17H2,1-5H3. The second-order valence-corrected chi connectivity index (χ2v) is 9.72. The first-order valence-electron chi connectivity index (χ1n) is 11.0. The zero-order valence-corrected chi connectivity index (χ0v) is 18.3. The summed E-state index contributed by atoms with van der Waals surface area (Å²) in [5.74, 6) is 0.364. The SMILES string of the molecule is CC(C)N(CCN1CCCCCC1)C(=O)C1CCCN(C(=O)C(C)(C)C)C1. The van der Waals surface area contributed by atoms with Gasteiger partial charge in [0.1, 0.15) is 0 Å². The van der Waals surface area contributed by atoms with E-state index in [0.717, 1.165) is 45.6 Å². The van der Waals surface area contributed by atoms with Gasteiger partial charge in [0.25, 0.3) is 0 Å². The molecule has 2 fully saturated rings. The van der Waals surface area contributed by atoms with E-state index < -0.39 is 0 Å². The molecule has 0 aromatic carbocycles. The van der Waals surface area contributed by atoms with E-state index in [1.165, 1.54) is 25.7 Å². The van der Waals surface area contributed by atoms with Crippen LogP contribution < -0.4 is 0 Å². The summed E-state index contributed by atoms with van der Waals surface area (Å²) in [4.78, 5) is 32.4. The minimum Gasteiger partial charge on any atom is -0.341 e. The normalized spacial score (nSPS) is 22.6. The van der Waals surface area contributed by atoms with Crippen LogP contribution in [-0.2, 0) is 9.59 Å².